The van der Waals surface area contributed by atoms with E-state index in [1.807, 2.05) is 29.6 Å². The van der Waals surface area contributed by atoms with E-state index < -0.39 is 10.0 Å². The summed E-state index contributed by atoms with van der Waals surface area (Å²) in [6.45, 7) is 3.61. The number of carbonyl (C=O) groups is 1. The SMILES string of the molecule is CC(C)N(C)S(=O)(=O)c1cccc(C(=O)Nc2ccccc2SCc2ccsc2)c1. The summed E-state index contributed by atoms with van der Waals surface area (Å²) in [5.74, 6) is 0.467. The number of amides is 1. The van der Waals surface area contributed by atoms with Gasteiger partial charge in [0.2, 0.25) is 10.0 Å². The molecule has 0 radical (unpaired) electrons. The van der Waals surface area contributed by atoms with Crippen LogP contribution in [0.5, 0.6) is 0 Å². The molecule has 8 heteroatoms. The number of rotatable bonds is 8. The van der Waals surface area contributed by atoms with E-state index in [-0.39, 0.29) is 16.8 Å². The summed E-state index contributed by atoms with van der Waals surface area (Å²) in [4.78, 5) is 13.9. The average Bonchev–Trinajstić information content (AvgIpc) is 3.26. The Balaban J connectivity index is 1.79. The standard InChI is InChI=1S/C22H24N2O3S3/c1-16(2)24(3)30(26,27)19-8-6-7-18(13-19)22(25)23-20-9-4-5-10-21(20)29-15-17-11-12-28-14-17/h4-14,16H,15H2,1-3H3,(H,23,25). The van der Waals surface area contributed by atoms with Crippen molar-refractivity contribution in [3.8, 4) is 0 Å². The lowest BCUT2D eigenvalue weighted by atomic mass is 10.2. The molecule has 0 saturated heterocycles. The second-order valence-corrected chi connectivity index (χ2v) is 10.8. The molecule has 1 heterocycles. The molecule has 3 rings (SSSR count). The van der Waals surface area contributed by atoms with Gasteiger partial charge in [-0.15, -0.1) is 11.8 Å². The first-order valence-electron chi connectivity index (χ1n) is 9.41. The van der Waals surface area contributed by atoms with Crippen LogP contribution in [-0.4, -0.2) is 31.7 Å². The lowest BCUT2D eigenvalue weighted by Crippen LogP contribution is -2.33. The van der Waals surface area contributed by atoms with Crippen LogP contribution in [0.3, 0.4) is 0 Å². The Morgan fingerprint density at radius 1 is 1.13 bits per heavy atom. The molecular formula is C22H24N2O3S3. The third kappa shape index (κ3) is 5.31. The molecule has 1 N–H and O–H groups in total. The van der Waals surface area contributed by atoms with Crippen molar-refractivity contribution in [3.05, 3.63) is 76.5 Å². The molecule has 0 aliphatic heterocycles. The third-order valence-electron chi connectivity index (χ3n) is 4.61. The van der Waals surface area contributed by atoms with Crippen molar-refractivity contribution >= 4 is 44.7 Å². The van der Waals surface area contributed by atoms with Crippen LogP contribution < -0.4 is 5.32 Å². The number of thioether (sulfide) groups is 1. The number of benzene rings is 2. The highest BCUT2D eigenvalue weighted by Crippen LogP contribution is 2.30. The van der Waals surface area contributed by atoms with Gasteiger partial charge in [0.25, 0.3) is 5.91 Å². The molecule has 0 fully saturated rings. The molecular weight excluding hydrogens is 436 g/mol. The van der Waals surface area contributed by atoms with E-state index in [0.29, 0.717) is 11.3 Å². The van der Waals surface area contributed by atoms with Gasteiger partial charge in [-0.3, -0.25) is 4.79 Å². The Hall–Kier alpha value is -2.13. The zero-order chi connectivity index (χ0) is 21.7. The van der Waals surface area contributed by atoms with Gasteiger partial charge in [0.1, 0.15) is 0 Å². The summed E-state index contributed by atoms with van der Waals surface area (Å²) in [5, 5.41) is 7.07. The topological polar surface area (TPSA) is 66.5 Å². The molecule has 1 amide bonds. The van der Waals surface area contributed by atoms with E-state index in [1.54, 1.807) is 49.1 Å². The Kier molecular flexibility index (Phi) is 7.36. The van der Waals surface area contributed by atoms with E-state index in [4.69, 9.17) is 0 Å². The van der Waals surface area contributed by atoms with E-state index in [2.05, 4.69) is 16.8 Å². The Morgan fingerprint density at radius 2 is 1.90 bits per heavy atom. The van der Waals surface area contributed by atoms with Crippen LogP contribution in [0, 0.1) is 0 Å². The number of para-hydroxylation sites is 1. The molecule has 0 spiro atoms. The maximum Gasteiger partial charge on any atom is 0.255 e. The highest BCUT2D eigenvalue weighted by Gasteiger charge is 2.24. The van der Waals surface area contributed by atoms with Crippen molar-refractivity contribution in [3.63, 3.8) is 0 Å². The predicted octanol–water partition coefficient (Wildman–Crippen LogP) is 5.32. The van der Waals surface area contributed by atoms with Crippen LogP contribution in [0.25, 0.3) is 0 Å². The molecule has 0 atom stereocenters. The van der Waals surface area contributed by atoms with Gasteiger partial charge in [0.15, 0.2) is 0 Å². The first-order valence-corrected chi connectivity index (χ1v) is 12.8. The van der Waals surface area contributed by atoms with Crippen molar-refractivity contribution in [1.29, 1.82) is 0 Å². The molecule has 158 valence electrons. The van der Waals surface area contributed by atoms with Gasteiger partial charge in [0.05, 0.1) is 10.6 Å². The molecule has 0 unspecified atom stereocenters. The van der Waals surface area contributed by atoms with Gasteiger partial charge >= 0.3 is 0 Å². The minimum atomic E-state index is -3.66. The second kappa shape index (κ2) is 9.78. The fourth-order valence-corrected chi connectivity index (χ4v) is 5.81. The number of nitrogens with zero attached hydrogens (tertiary/aromatic N) is 1. The minimum absolute atomic E-state index is 0.103. The minimum Gasteiger partial charge on any atom is -0.321 e. The first-order chi connectivity index (χ1) is 14.3. The van der Waals surface area contributed by atoms with Gasteiger partial charge in [-0.2, -0.15) is 15.6 Å². The monoisotopic (exact) mass is 460 g/mol. The number of thiophene rings is 1. The number of nitrogens with one attached hydrogen (secondary N) is 1. The normalized spacial score (nSPS) is 11.8. The van der Waals surface area contributed by atoms with E-state index in [9.17, 15) is 13.2 Å². The Morgan fingerprint density at radius 3 is 2.60 bits per heavy atom. The van der Waals surface area contributed by atoms with Gasteiger partial charge in [-0.1, -0.05) is 18.2 Å². The smallest absolute Gasteiger partial charge is 0.255 e. The maximum absolute atomic E-state index is 12.9. The van der Waals surface area contributed by atoms with Crippen molar-refractivity contribution in [2.75, 3.05) is 12.4 Å². The van der Waals surface area contributed by atoms with Gasteiger partial charge in [-0.25, -0.2) is 8.42 Å². The van der Waals surface area contributed by atoms with E-state index >= 15 is 0 Å². The van der Waals surface area contributed by atoms with Gasteiger partial charge in [0, 0.05) is 29.3 Å². The van der Waals surface area contributed by atoms with Crippen LogP contribution in [-0.2, 0) is 15.8 Å². The molecule has 30 heavy (non-hydrogen) atoms. The lowest BCUT2D eigenvalue weighted by molar-refractivity contribution is 0.102. The van der Waals surface area contributed by atoms with Crippen LogP contribution >= 0.6 is 23.1 Å². The van der Waals surface area contributed by atoms with E-state index in [1.165, 1.54) is 29.0 Å². The molecule has 0 aliphatic rings. The van der Waals surface area contributed by atoms with Crippen LogP contribution in [0.1, 0.15) is 29.8 Å². The van der Waals surface area contributed by atoms with Crippen LogP contribution in [0.4, 0.5) is 5.69 Å². The molecule has 3 aromatic rings. The fourth-order valence-electron chi connectivity index (χ4n) is 2.67. The van der Waals surface area contributed by atoms with Gasteiger partial charge in [-0.05, 0) is 66.6 Å². The average molecular weight is 461 g/mol. The Labute approximate surface area is 186 Å². The van der Waals surface area contributed by atoms with Crippen LogP contribution in [0.2, 0.25) is 0 Å². The number of hydrogen-bond acceptors (Lipinski definition) is 5. The first kappa shape index (κ1) is 22.6. The quantitative estimate of drug-likeness (QED) is 0.462. The summed E-state index contributed by atoms with van der Waals surface area (Å²) in [6, 6.07) is 15.6. The van der Waals surface area contributed by atoms with Gasteiger partial charge < -0.3 is 5.32 Å². The zero-order valence-corrected chi connectivity index (χ0v) is 19.5. The highest BCUT2D eigenvalue weighted by atomic mass is 32.2. The molecule has 2 aromatic carbocycles. The van der Waals surface area contributed by atoms with Crippen molar-refractivity contribution in [1.82, 2.24) is 4.31 Å². The molecule has 0 saturated carbocycles. The molecule has 1 aromatic heterocycles. The highest BCUT2D eigenvalue weighted by molar-refractivity contribution is 7.98. The summed E-state index contributed by atoms with van der Waals surface area (Å²) in [7, 11) is -2.12. The lowest BCUT2D eigenvalue weighted by Gasteiger charge is -2.21. The number of sulfonamides is 1. The van der Waals surface area contributed by atoms with Crippen molar-refractivity contribution in [2.24, 2.45) is 0 Å². The third-order valence-corrected chi connectivity index (χ3v) is 8.52. The maximum atomic E-state index is 12.9. The van der Waals surface area contributed by atoms with Crippen molar-refractivity contribution < 1.29 is 13.2 Å². The largest absolute Gasteiger partial charge is 0.321 e. The predicted molar refractivity (Wildman–Crippen MR) is 125 cm³/mol. The molecule has 5 nitrogen and oxygen atoms in total. The van der Waals surface area contributed by atoms with E-state index in [0.717, 1.165) is 10.6 Å². The second-order valence-electron chi connectivity index (χ2n) is 7.01. The number of anilines is 1. The summed E-state index contributed by atoms with van der Waals surface area (Å²) in [5.41, 5.74) is 2.24. The van der Waals surface area contributed by atoms with Crippen LogP contribution in [0.15, 0.2) is 75.1 Å². The Bertz CT molecular complexity index is 1110. The fraction of sp³-hybridized carbons (Fsp3) is 0.227. The summed E-state index contributed by atoms with van der Waals surface area (Å²) < 4.78 is 26.8. The van der Waals surface area contributed by atoms with Crippen molar-refractivity contribution in [2.45, 2.75) is 35.4 Å². The number of hydrogen-bond donors (Lipinski definition) is 1. The zero-order valence-electron chi connectivity index (χ0n) is 17.0. The molecule has 0 bridgehead atoms. The summed E-state index contributed by atoms with van der Waals surface area (Å²) >= 11 is 3.30. The number of carbonyl (C=O) groups excluding carboxylic acids is 1. The summed E-state index contributed by atoms with van der Waals surface area (Å²) in [6.07, 6.45) is 0. The molecule has 0 aliphatic carbocycles.